The average molecular weight is 336 g/mol. The van der Waals surface area contributed by atoms with E-state index in [1.54, 1.807) is 12.5 Å². The van der Waals surface area contributed by atoms with Crippen molar-refractivity contribution >= 4 is 11.6 Å². The first kappa shape index (κ1) is 14.8. The van der Waals surface area contributed by atoms with Crippen LogP contribution >= 0.6 is 0 Å². The molecule has 2 bridgehead atoms. The summed E-state index contributed by atoms with van der Waals surface area (Å²) in [5, 5.41) is 11.7. The van der Waals surface area contributed by atoms with Crippen LogP contribution < -0.4 is 5.32 Å². The van der Waals surface area contributed by atoms with Crippen molar-refractivity contribution in [2.75, 3.05) is 19.6 Å². The third-order valence-electron chi connectivity index (χ3n) is 5.69. The molecule has 1 aromatic heterocycles. The van der Waals surface area contributed by atoms with Gasteiger partial charge in [-0.1, -0.05) is 6.07 Å². The van der Waals surface area contributed by atoms with Gasteiger partial charge in [0.15, 0.2) is 6.04 Å². The van der Waals surface area contributed by atoms with E-state index in [-0.39, 0.29) is 11.9 Å². The monoisotopic (exact) mass is 336 g/mol. The third-order valence-corrected chi connectivity index (χ3v) is 5.69. The summed E-state index contributed by atoms with van der Waals surface area (Å²) in [6.07, 6.45) is 5.71. The SMILES string of the molecule is O=C(N[C@H]1CN2CCC1CC2)C1N=Nc2ccc(-c3ccoc3)cc21. The van der Waals surface area contributed by atoms with Crippen molar-refractivity contribution in [2.45, 2.75) is 24.9 Å². The van der Waals surface area contributed by atoms with Crippen LogP contribution in [0.25, 0.3) is 11.1 Å². The highest BCUT2D eigenvalue weighted by atomic mass is 16.3. The fraction of sp³-hybridized carbons (Fsp3) is 0.421. The van der Waals surface area contributed by atoms with E-state index in [0.717, 1.165) is 42.0 Å². The topological polar surface area (TPSA) is 70.2 Å². The number of nitrogens with zero attached hydrogens (tertiary/aromatic N) is 3. The molecule has 6 heteroatoms. The zero-order valence-corrected chi connectivity index (χ0v) is 13.9. The van der Waals surface area contributed by atoms with Crippen molar-refractivity contribution in [1.82, 2.24) is 10.2 Å². The molecule has 0 saturated carbocycles. The van der Waals surface area contributed by atoms with Gasteiger partial charge in [0.05, 0.1) is 18.2 Å². The number of furan rings is 1. The Morgan fingerprint density at radius 2 is 2.08 bits per heavy atom. The molecule has 3 fully saturated rings. The molecule has 1 aromatic carbocycles. The van der Waals surface area contributed by atoms with Gasteiger partial charge in [-0.25, -0.2) is 0 Å². The Balaban J connectivity index is 1.37. The van der Waals surface area contributed by atoms with Crippen molar-refractivity contribution in [3.8, 4) is 11.1 Å². The average Bonchev–Trinajstić information content (AvgIpc) is 3.32. The quantitative estimate of drug-likeness (QED) is 0.935. The van der Waals surface area contributed by atoms with Crippen LogP contribution in [0.4, 0.5) is 5.69 Å². The van der Waals surface area contributed by atoms with Crippen LogP contribution in [0.1, 0.15) is 24.4 Å². The maximum Gasteiger partial charge on any atom is 0.251 e. The van der Waals surface area contributed by atoms with Crippen molar-refractivity contribution in [3.05, 3.63) is 42.4 Å². The predicted molar refractivity (Wildman–Crippen MR) is 92.5 cm³/mol. The van der Waals surface area contributed by atoms with Crippen molar-refractivity contribution in [3.63, 3.8) is 0 Å². The number of azo groups is 1. The molecular weight excluding hydrogens is 316 g/mol. The number of benzene rings is 1. The molecule has 128 valence electrons. The molecule has 4 aliphatic rings. The molecule has 2 aromatic rings. The lowest BCUT2D eigenvalue weighted by atomic mass is 9.84. The smallest absolute Gasteiger partial charge is 0.251 e. The number of nitrogens with one attached hydrogen (secondary N) is 1. The van der Waals surface area contributed by atoms with Crippen LogP contribution in [-0.4, -0.2) is 36.5 Å². The number of carbonyl (C=O) groups excluding carboxylic acids is 1. The van der Waals surface area contributed by atoms with Crippen molar-refractivity contribution in [1.29, 1.82) is 0 Å². The standard InChI is InChI=1S/C19H20N4O2/c24-19(20-17-10-23-6-3-12(17)4-7-23)18-15-9-13(14-5-8-25-11-14)1-2-16(15)21-22-18/h1-2,5,8-9,11-12,17-18H,3-4,6-7,10H2,(H,20,24)/t17-,18?/m0/s1. The normalized spacial score (nSPS) is 29.6. The van der Waals surface area contributed by atoms with E-state index < -0.39 is 6.04 Å². The molecule has 0 spiro atoms. The van der Waals surface area contributed by atoms with Gasteiger partial charge in [-0.15, -0.1) is 0 Å². The molecule has 1 amide bonds. The maximum atomic E-state index is 12.8. The highest BCUT2D eigenvalue weighted by Gasteiger charge is 2.37. The summed E-state index contributed by atoms with van der Waals surface area (Å²) in [5.41, 5.74) is 3.66. The molecule has 1 N–H and O–H groups in total. The number of carbonyl (C=O) groups is 1. The molecule has 6 nitrogen and oxygen atoms in total. The zero-order chi connectivity index (χ0) is 16.8. The molecule has 5 heterocycles. The molecule has 6 rings (SSSR count). The van der Waals surface area contributed by atoms with Gasteiger partial charge < -0.3 is 14.6 Å². The van der Waals surface area contributed by atoms with Crippen molar-refractivity contribution < 1.29 is 9.21 Å². The first-order valence-corrected chi connectivity index (χ1v) is 8.88. The molecule has 4 aliphatic heterocycles. The van der Waals surface area contributed by atoms with E-state index in [2.05, 4.69) is 20.4 Å². The number of hydrogen-bond acceptors (Lipinski definition) is 5. The molecule has 2 atom stereocenters. The summed E-state index contributed by atoms with van der Waals surface area (Å²) in [6, 6.07) is 7.51. The first-order chi connectivity index (χ1) is 12.3. The molecule has 0 aliphatic carbocycles. The molecule has 25 heavy (non-hydrogen) atoms. The van der Waals surface area contributed by atoms with Gasteiger partial charge >= 0.3 is 0 Å². The number of piperidine rings is 3. The van der Waals surface area contributed by atoms with E-state index in [1.165, 1.54) is 12.8 Å². The van der Waals surface area contributed by atoms with Crippen molar-refractivity contribution in [2.24, 2.45) is 16.1 Å². The van der Waals surface area contributed by atoms with Gasteiger partial charge in [-0.05, 0) is 55.6 Å². The van der Waals surface area contributed by atoms with E-state index in [9.17, 15) is 4.79 Å². The highest BCUT2D eigenvalue weighted by molar-refractivity contribution is 5.87. The number of hydrogen-bond donors (Lipinski definition) is 1. The van der Waals surface area contributed by atoms with Gasteiger partial charge in [0.2, 0.25) is 0 Å². The van der Waals surface area contributed by atoms with E-state index in [4.69, 9.17) is 4.42 Å². The van der Waals surface area contributed by atoms with Gasteiger partial charge in [0.1, 0.15) is 0 Å². The van der Waals surface area contributed by atoms with Crippen LogP contribution in [0.2, 0.25) is 0 Å². The summed E-state index contributed by atoms with van der Waals surface area (Å²) >= 11 is 0. The molecule has 1 unspecified atom stereocenters. The Morgan fingerprint density at radius 1 is 1.20 bits per heavy atom. The summed E-state index contributed by atoms with van der Waals surface area (Å²) in [6.45, 7) is 3.29. The molecule has 0 radical (unpaired) electrons. The lowest BCUT2D eigenvalue weighted by Crippen LogP contribution is -2.57. The second kappa shape index (κ2) is 5.81. The van der Waals surface area contributed by atoms with E-state index in [0.29, 0.717) is 5.92 Å². The minimum Gasteiger partial charge on any atom is -0.472 e. The van der Waals surface area contributed by atoms with E-state index >= 15 is 0 Å². The summed E-state index contributed by atoms with van der Waals surface area (Å²) in [7, 11) is 0. The zero-order valence-electron chi connectivity index (χ0n) is 13.9. The van der Waals surface area contributed by atoms with Crippen LogP contribution in [-0.2, 0) is 4.79 Å². The number of fused-ring (bicyclic) bond motifs is 4. The second-order valence-electron chi connectivity index (χ2n) is 7.16. The van der Waals surface area contributed by atoms with Crippen LogP contribution in [0.3, 0.4) is 0 Å². The summed E-state index contributed by atoms with van der Waals surface area (Å²) in [4.78, 5) is 15.3. The fourth-order valence-electron chi connectivity index (χ4n) is 4.24. The van der Waals surface area contributed by atoms with Gasteiger partial charge in [-0.3, -0.25) is 4.79 Å². The first-order valence-electron chi connectivity index (χ1n) is 8.88. The van der Waals surface area contributed by atoms with Crippen LogP contribution in [0.5, 0.6) is 0 Å². The Bertz CT molecular complexity index is 822. The largest absolute Gasteiger partial charge is 0.472 e. The molecule has 3 saturated heterocycles. The highest BCUT2D eigenvalue weighted by Crippen LogP contribution is 2.39. The van der Waals surface area contributed by atoms with Gasteiger partial charge in [0, 0.05) is 23.7 Å². The Hall–Kier alpha value is -2.47. The van der Waals surface area contributed by atoms with Gasteiger partial charge in [-0.2, -0.15) is 10.2 Å². The second-order valence-corrected chi connectivity index (χ2v) is 7.16. The van der Waals surface area contributed by atoms with E-state index in [1.807, 2.05) is 24.3 Å². The Morgan fingerprint density at radius 3 is 2.80 bits per heavy atom. The van der Waals surface area contributed by atoms with Gasteiger partial charge in [0.25, 0.3) is 5.91 Å². The Labute approximate surface area is 145 Å². The lowest BCUT2D eigenvalue weighted by Gasteiger charge is -2.45. The Kier molecular flexibility index (Phi) is 3.45. The maximum absolute atomic E-state index is 12.8. The summed E-state index contributed by atoms with van der Waals surface area (Å²) in [5.74, 6) is 0.564. The third kappa shape index (κ3) is 2.57. The minimum absolute atomic E-state index is 0.0365. The lowest BCUT2D eigenvalue weighted by molar-refractivity contribution is -0.124. The van der Waals surface area contributed by atoms with Crippen LogP contribution in [0.15, 0.2) is 51.4 Å². The molecular formula is C19H20N4O2. The minimum atomic E-state index is -0.544. The predicted octanol–water partition coefficient (Wildman–Crippen LogP) is 3.30. The number of amides is 1. The number of rotatable bonds is 3. The summed E-state index contributed by atoms with van der Waals surface area (Å²) < 4.78 is 5.16. The van der Waals surface area contributed by atoms with Crippen LogP contribution in [0, 0.1) is 5.92 Å². The fourth-order valence-corrected chi connectivity index (χ4v) is 4.24.